The summed E-state index contributed by atoms with van der Waals surface area (Å²) in [6.07, 6.45) is 1.18. The third kappa shape index (κ3) is 1.25. The molecule has 0 amide bonds. The van der Waals surface area contributed by atoms with Crippen molar-refractivity contribution < 1.29 is 14.3 Å². The van der Waals surface area contributed by atoms with E-state index in [0.717, 1.165) is 0 Å². The van der Waals surface area contributed by atoms with Gasteiger partial charge in [-0.25, -0.2) is 4.39 Å². The maximum absolute atomic E-state index is 13.2. The lowest BCUT2D eigenvalue weighted by Crippen LogP contribution is -2.20. The van der Waals surface area contributed by atoms with Crippen molar-refractivity contribution in [3.8, 4) is 0 Å². The molecule has 1 saturated carbocycles. The van der Waals surface area contributed by atoms with E-state index in [1.54, 1.807) is 12.1 Å². The number of hydrogen-bond acceptors (Lipinski definition) is 1. The van der Waals surface area contributed by atoms with Crippen LogP contribution in [0.4, 0.5) is 4.39 Å². The van der Waals surface area contributed by atoms with Gasteiger partial charge in [-0.05, 0) is 40.4 Å². The van der Waals surface area contributed by atoms with Crippen LogP contribution in [0.25, 0.3) is 0 Å². The Hall–Kier alpha value is -0.900. The van der Waals surface area contributed by atoms with Crippen LogP contribution in [-0.4, -0.2) is 11.1 Å². The second kappa shape index (κ2) is 3.05. The lowest BCUT2D eigenvalue weighted by molar-refractivity contribution is -0.140. The number of halogens is 2. The molecule has 0 aromatic heterocycles. The largest absolute Gasteiger partial charge is 0.481 e. The average molecular weight is 259 g/mol. The summed E-state index contributed by atoms with van der Waals surface area (Å²) in [5, 5.41) is 9.03. The molecular weight excluding hydrogens is 251 g/mol. The molecule has 2 nitrogen and oxygen atoms in total. The molecule has 1 N–H and O–H groups in total. The molecule has 0 saturated heterocycles. The number of carboxylic acid groups (broad SMARTS) is 1. The number of rotatable bonds is 2. The molecule has 74 valence electrons. The highest BCUT2D eigenvalue weighted by molar-refractivity contribution is 9.10. The third-order valence-electron chi connectivity index (χ3n) is 2.63. The van der Waals surface area contributed by atoms with Crippen LogP contribution >= 0.6 is 15.9 Å². The van der Waals surface area contributed by atoms with Crippen molar-refractivity contribution in [2.45, 2.75) is 18.3 Å². The summed E-state index contributed by atoms with van der Waals surface area (Å²) in [5.41, 5.74) is -0.300. The van der Waals surface area contributed by atoms with Gasteiger partial charge in [-0.2, -0.15) is 0 Å². The van der Waals surface area contributed by atoms with Crippen molar-refractivity contribution in [1.29, 1.82) is 0 Å². The molecular formula is C10H8BrFO2. The van der Waals surface area contributed by atoms with Gasteiger partial charge in [0.15, 0.2) is 0 Å². The molecule has 0 heterocycles. The van der Waals surface area contributed by atoms with Crippen LogP contribution in [0.2, 0.25) is 0 Å². The van der Waals surface area contributed by atoms with Gasteiger partial charge in [0.25, 0.3) is 0 Å². The van der Waals surface area contributed by atoms with Gasteiger partial charge in [-0.3, -0.25) is 4.79 Å². The zero-order valence-electron chi connectivity index (χ0n) is 7.26. The van der Waals surface area contributed by atoms with E-state index in [4.69, 9.17) is 5.11 Å². The number of carboxylic acids is 1. The predicted molar refractivity (Wildman–Crippen MR) is 52.6 cm³/mol. The molecule has 4 heteroatoms. The molecule has 2 rings (SSSR count). The SMILES string of the molecule is O=C(O)C1(c2cccc(F)c2Br)CC1. The average Bonchev–Trinajstić information content (AvgIpc) is 2.90. The van der Waals surface area contributed by atoms with E-state index in [9.17, 15) is 9.18 Å². The first-order valence-corrected chi connectivity index (χ1v) is 5.05. The van der Waals surface area contributed by atoms with E-state index >= 15 is 0 Å². The Morgan fingerprint density at radius 1 is 1.50 bits per heavy atom. The molecule has 0 radical (unpaired) electrons. The Kier molecular flexibility index (Phi) is 2.10. The second-order valence-corrected chi connectivity index (χ2v) is 4.28. The maximum atomic E-state index is 13.2. The minimum atomic E-state index is -0.871. The molecule has 0 bridgehead atoms. The molecule has 0 unspecified atom stereocenters. The molecule has 0 aliphatic heterocycles. The van der Waals surface area contributed by atoms with Crippen LogP contribution in [0, 0.1) is 5.82 Å². The van der Waals surface area contributed by atoms with E-state index in [1.165, 1.54) is 6.07 Å². The Balaban J connectivity index is 2.52. The van der Waals surface area contributed by atoms with Crippen LogP contribution in [0.15, 0.2) is 22.7 Å². The predicted octanol–water partition coefficient (Wildman–Crippen LogP) is 2.70. The van der Waals surface area contributed by atoms with Gasteiger partial charge in [-0.1, -0.05) is 12.1 Å². The molecule has 0 atom stereocenters. The van der Waals surface area contributed by atoms with Gasteiger partial charge in [0.2, 0.25) is 0 Å². The molecule has 1 aliphatic carbocycles. The van der Waals surface area contributed by atoms with Crippen LogP contribution in [-0.2, 0) is 10.2 Å². The fourth-order valence-electron chi connectivity index (χ4n) is 1.60. The zero-order chi connectivity index (χ0) is 10.3. The van der Waals surface area contributed by atoms with Gasteiger partial charge in [0, 0.05) is 0 Å². The monoisotopic (exact) mass is 258 g/mol. The van der Waals surface area contributed by atoms with Crippen molar-refractivity contribution in [2.75, 3.05) is 0 Å². The van der Waals surface area contributed by atoms with Crippen molar-refractivity contribution in [3.63, 3.8) is 0 Å². The van der Waals surface area contributed by atoms with Gasteiger partial charge >= 0.3 is 5.97 Å². The normalized spacial score (nSPS) is 17.9. The summed E-state index contributed by atoms with van der Waals surface area (Å²) in [7, 11) is 0. The first kappa shape index (κ1) is 9.65. The fraction of sp³-hybridized carbons (Fsp3) is 0.300. The number of benzene rings is 1. The van der Waals surface area contributed by atoms with E-state index in [0.29, 0.717) is 18.4 Å². The standard InChI is InChI=1S/C10H8BrFO2/c11-8-6(2-1-3-7(8)12)10(4-5-10)9(13)14/h1-3H,4-5H2,(H,13,14). The van der Waals surface area contributed by atoms with Crippen LogP contribution in [0.5, 0.6) is 0 Å². The van der Waals surface area contributed by atoms with E-state index < -0.39 is 17.2 Å². The van der Waals surface area contributed by atoms with Gasteiger partial charge in [0.05, 0.1) is 9.89 Å². The Morgan fingerprint density at radius 3 is 2.64 bits per heavy atom. The number of carbonyl (C=O) groups is 1. The molecule has 1 aromatic rings. The quantitative estimate of drug-likeness (QED) is 0.886. The fourth-order valence-corrected chi connectivity index (χ4v) is 2.24. The van der Waals surface area contributed by atoms with Gasteiger partial charge in [0.1, 0.15) is 5.82 Å². The summed E-state index contributed by atoms with van der Waals surface area (Å²) < 4.78 is 13.4. The van der Waals surface area contributed by atoms with Crippen LogP contribution in [0.3, 0.4) is 0 Å². The first-order chi connectivity index (χ1) is 6.58. The maximum Gasteiger partial charge on any atom is 0.314 e. The Morgan fingerprint density at radius 2 is 2.14 bits per heavy atom. The minimum Gasteiger partial charge on any atom is -0.481 e. The van der Waals surface area contributed by atoms with E-state index in [1.807, 2.05) is 0 Å². The molecule has 1 aliphatic rings. The topological polar surface area (TPSA) is 37.3 Å². The van der Waals surface area contributed by atoms with Crippen molar-refractivity contribution >= 4 is 21.9 Å². The summed E-state index contributed by atoms with van der Waals surface area (Å²) in [4.78, 5) is 11.0. The lowest BCUT2D eigenvalue weighted by atomic mass is 9.96. The zero-order valence-corrected chi connectivity index (χ0v) is 8.84. The number of hydrogen-bond donors (Lipinski definition) is 1. The first-order valence-electron chi connectivity index (χ1n) is 4.26. The summed E-state index contributed by atoms with van der Waals surface area (Å²) in [6.45, 7) is 0. The highest BCUT2D eigenvalue weighted by Gasteiger charge is 2.52. The molecule has 1 aromatic carbocycles. The summed E-state index contributed by atoms with van der Waals surface area (Å²) >= 11 is 3.09. The van der Waals surface area contributed by atoms with Gasteiger partial charge < -0.3 is 5.11 Å². The lowest BCUT2D eigenvalue weighted by Gasteiger charge is -2.12. The molecule has 1 fully saturated rings. The van der Waals surface area contributed by atoms with Crippen molar-refractivity contribution in [2.24, 2.45) is 0 Å². The third-order valence-corrected chi connectivity index (χ3v) is 3.43. The van der Waals surface area contributed by atoms with Crippen molar-refractivity contribution in [3.05, 3.63) is 34.1 Å². The highest BCUT2D eigenvalue weighted by atomic mass is 79.9. The Bertz CT molecular complexity index is 399. The summed E-state index contributed by atoms with van der Waals surface area (Å²) in [6, 6.07) is 4.51. The second-order valence-electron chi connectivity index (χ2n) is 3.49. The van der Waals surface area contributed by atoms with Crippen molar-refractivity contribution in [1.82, 2.24) is 0 Å². The van der Waals surface area contributed by atoms with E-state index in [2.05, 4.69) is 15.9 Å². The van der Waals surface area contributed by atoms with Gasteiger partial charge in [-0.15, -0.1) is 0 Å². The number of aliphatic carboxylic acids is 1. The van der Waals surface area contributed by atoms with Crippen LogP contribution in [0.1, 0.15) is 18.4 Å². The Labute approximate surface area is 88.9 Å². The van der Waals surface area contributed by atoms with Crippen LogP contribution < -0.4 is 0 Å². The molecule has 14 heavy (non-hydrogen) atoms. The molecule has 0 spiro atoms. The van der Waals surface area contributed by atoms with E-state index in [-0.39, 0.29) is 4.47 Å². The highest BCUT2D eigenvalue weighted by Crippen LogP contribution is 2.50. The minimum absolute atomic E-state index is 0.278. The smallest absolute Gasteiger partial charge is 0.314 e. The summed E-state index contributed by atoms with van der Waals surface area (Å²) in [5.74, 6) is -1.28.